The second-order valence-corrected chi connectivity index (χ2v) is 5.94. The van der Waals surface area contributed by atoms with E-state index in [9.17, 15) is 0 Å². The van der Waals surface area contributed by atoms with Crippen molar-refractivity contribution in [1.29, 1.82) is 0 Å². The Morgan fingerprint density at radius 3 is 2.89 bits per heavy atom. The van der Waals surface area contributed by atoms with E-state index < -0.39 is 0 Å². The molecular weight excluding hydrogens is 238 g/mol. The minimum atomic E-state index is -0.0569. The molecule has 0 unspecified atom stereocenters. The summed E-state index contributed by atoms with van der Waals surface area (Å²) in [5.74, 6) is 1.04. The monoisotopic (exact) mass is 263 g/mol. The van der Waals surface area contributed by atoms with Gasteiger partial charge in [0.1, 0.15) is 11.4 Å². The number of unbranched alkanes of at least 4 members (excludes halogenated alkanes) is 2. The smallest absolute Gasteiger partial charge is 0.123 e. The summed E-state index contributed by atoms with van der Waals surface area (Å²) < 4.78 is 5.88. The quantitative estimate of drug-likeness (QED) is 0.743. The summed E-state index contributed by atoms with van der Waals surface area (Å²) >= 11 is 0. The maximum Gasteiger partial charge on any atom is 0.123 e. The molecule has 1 aliphatic heterocycles. The Morgan fingerprint density at radius 2 is 2.11 bits per heavy atom. The first kappa shape index (κ1) is 14.4. The molecule has 1 aliphatic rings. The summed E-state index contributed by atoms with van der Waals surface area (Å²) in [4.78, 5) is 0. The lowest BCUT2D eigenvalue weighted by Crippen LogP contribution is -2.24. The molecule has 1 aromatic rings. The first-order valence-corrected chi connectivity index (χ1v) is 7.23. The topological polar surface area (TPSA) is 41.5 Å². The average molecular weight is 263 g/mol. The van der Waals surface area contributed by atoms with Gasteiger partial charge in [0.15, 0.2) is 0 Å². The number of hydrogen-bond donors (Lipinski definition) is 2. The highest BCUT2D eigenvalue weighted by molar-refractivity contribution is 5.41. The zero-order valence-electron chi connectivity index (χ0n) is 12.0. The van der Waals surface area contributed by atoms with E-state index in [1.165, 1.54) is 11.1 Å². The molecule has 0 aromatic heterocycles. The number of aliphatic hydroxyl groups is 1. The molecule has 106 valence electrons. The Bertz CT molecular complexity index is 415. The number of nitrogens with one attached hydrogen (secondary N) is 1. The van der Waals surface area contributed by atoms with E-state index in [1.807, 2.05) is 0 Å². The molecule has 0 aliphatic carbocycles. The molecule has 0 amide bonds. The van der Waals surface area contributed by atoms with Crippen molar-refractivity contribution >= 4 is 0 Å². The zero-order chi connectivity index (χ0) is 13.7. The maximum absolute atomic E-state index is 8.70. The fourth-order valence-corrected chi connectivity index (χ4v) is 2.54. The van der Waals surface area contributed by atoms with Gasteiger partial charge in [0, 0.05) is 19.6 Å². The lowest BCUT2D eigenvalue weighted by atomic mass is 10.0. The average Bonchev–Trinajstić information content (AvgIpc) is 2.66. The molecule has 3 heteroatoms. The summed E-state index contributed by atoms with van der Waals surface area (Å²) in [6, 6.07) is 6.48. The van der Waals surface area contributed by atoms with Gasteiger partial charge in [-0.3, -0.25) is 0 Å². The molecule has 0 saturated heterocycles. The van der Waals surface area contributed by atoms with E-state index in [4.69, 9.17) is 9.84 Å². The first-order chi connectivity index (χ1) is 9.11. The van der Waals surface area contributed by atoms with Crippen LogP contribution in [0.25, 0.3) is 0 Å². The predicted molar refractivity (Wildman–Crippen MR) is 77.5 cm³/mol. The van der Waals surface area contributed by atoms with Crippen LogP contribution >= 0.6 is 0 Å². The highest BCUT2D eigenvalue weighted by Gasteiger charge is 2.29. The number of rotatable bonds is 7. The molecule has 19 heavy (non-hydrogen) atoms. The van der Waals surface area contributed by atoms with Gasteiger partial charge in [-0.15, -0.1) is 0 Å². The molecule has 1 aromatic carbocycles. The van der Waals surface area contributed by atoms with Gasteiger partial charge < -0.3 is 15.2 Å². The molecule has 0 bridgehead atoms. The summed E-state index contributed by atoms with van der Waals surface area (Å²) in [6.07, 6.45) is 4.12. The molecule has 2 N–H and O–H groups in total. The maximum atomic E-state index is 8.70. The van der Waals surface area contributed by atoms with Crippen LogP contribution < -0.4 is 10.1 Å². The second-order valence-electron chi connectivity index (χ2n) is 5.94. The van der Waals surface area contributed by atoms with Crippen molar-refractivity contribution in [3.05, 3.63) is 29.3 Å². The third kappa shape index (κ3) is 4.22. The van der Waals surface area contributed by atoms with Gasteiger partial charge >= 0.3 is 0 Å². The molecule has 3 nitrogen and oxygen atoms in total. The molecule has 0 saturated carbocycles. The van der Waals surface area contributed by atoms with E-state index in [1.54, 1.807) is 0 Å². The fraction of sp³-hybridized carbons (Fsp3) is 0.625. The van der Waals surface area contributed by atoms with Gasteiger partial charge in [0.25, 0.3) is 0 Å². The third-order valence-electron chi connectivity index (χ3n) is 3.47. The van der Waals surface area contributed by atoms with E-state index in [-0.39, 0.29) is 5.60 Å². The van der Waals surface area contributed by atoms with Crippen LogP contribution in [-0.2, 0) is 13.0 Å². The Balaban J connectivity index is 1.77. The normalized spacial score (nSPS) is 16.2. The summed E-state index contributed by atoms with van der Waals surface area (Å²) in [7, 11) is 0. The van der Waals surface area contributed by atoms with Crippen LogP contribution in [0.15, 0.2) is 18.2 Å². The highest BCUT2D eigenvalue weighted by Crippen LogP contribution is 2.35. The van der Waals surface area contributed by atoms with E-state index in [0.29, 0.717) is 6.61 Å². The lowest BCUT2D eigenvalue weighted by molar-refractivity contribution is 0.138. The van der Waals surface area contributed by atoms with Crippen LogP contribution in [0.4, 0.5) is 0 Å². The number of fused-ring (bicyclic) bond motifs is 1. The SMILES string of the molecule is CC1(C)Cc2cc(CNCCCCCO)ccc2O1. The fourth-order valence-electron chi connectivity index (χ4n) is 2.54. The first-order valence-electron chi connectivity index (χ1n) is 7.23. The van der Waals surface area contributed by atoms with Crippen LogP contribution in [0.1, 0.15) is 44.2 Å². The van der Waals surface area contributed by atoms with Gasteiger partial charge in [0.05, 0.1) is 0 Å². The zero-order valence-corrected chi connectivity index (χ0v) is 12.0. The molecular formula is C16H25NO2. The van der Waals surface area contributed by atoms with Gasteiger partial charge in [0.2, 0.25) is 0 Å². The van der Waals surface area contributed by atoms with Crippen molar-refractivity contribution < 1.29 is 9.84 Å². The van der Waals surface area contributed by atoms with Gasteiger partial charge in [-0.25, -0.2) is 0 Å². The Morgan fingerprint density at radius 1 is 1.26 bits per heavy atom. The van der Waals surface area contributed by atoms with Crippen LogP contribution in [0.5, 0.6) is 5.75 Å². The Kier molecular flexibility index (Phi) is 4.83. The summed E-state index contributed by atoms with van der Waals surface area (Å²) in [5, 5.41) is 12.2. The van der Waals surface area contributed by atoms with Crippen molar-refractivity contribution in [2.75, 3.05) is 13.2 Å². The third-order valence-corrected chi connectivity index (χ3v) is 3.47. The molecule has 0 radical (unpaired) electrons. The largest absolute Gasteiger partial charge is 0.487 e. The van der Waals surface area contributed by atoms with Crippen molar-refractivity contribution in [2.45, 2.75) is 51.7 Å². The number of ether oxygens (including phenoxy) is 1. The Hall–Kier alpha value is -1.06. The number of hydrogen-bond acceptors (Lipinski definition) is 3. The Labute approximate surface area is 116 Å². The van der Waals surface area contributed by atoms with E-state index in [0.717, 1.165) is 44.5 Å². The van der Waals surface area contributed by atoms with Crippen LogP contribution in [-0.4, -0.2) is 23.9 Å². The van der Waals surface area contributed by atoms with Gasteiger partial charge in [-0.2, -0.15) is 0 Å². The lowest BCUT2D eigenvalue weighted by Gasteiger charge is -2.16. The molecule has 2 rings (SSSR count). The van der Waals surface area contributed by atoms with E-state index in [2.05, 4.69) is 37.4 Å². The summed E-state index contributed by atoms with van der Waals surface area (Å²) in [5.41, 5.74) is 2.59. The van der Waals surface area contributed by atoms with Gasteiger partial charge in [-0.05, 0) is 56.8 Å². The number of aliphatic hydroxyl groups excluding tert-OH is 1. The summed E-state index contributed by atoms with van der Waals surface area (Å²) in [6.45, 7) is 6.49. The molecule has 1 heterocycles. The highest BCUT2D eigenvalue weighted by atomic mass is 16.5. The molecule has 0 spiro atoms. The van der Waals surface area contributed by atoms with Crippen LogP contribution in [0.2, 0.25) is 0 Å². The number of benzene rings is 1. The molecule has 0 fully saturated rings. The van der Waals surface area contributed by atoms with Crippen molar-refractivity contribution in [3.8, 4) is 5.75 Å². The van der Waals surface area contributed by atoms with Crippen LogP contribution in [0.3, 0.4) is 0 Å². The van der Waals surface area contributed by atoms with Crippen LogP contribution in [0, 0.1) is 0 Å². The van der Waals surface area contributed by atoms with Gasteiger partial charge in [-0.1, -0.05) is 12.1 Å². The standard InChI is InChI=1S/C16H25NO2/c1-16(2)11-14-10-13(6-7-15(14)19-16)12-17-8-4-3-5-9-18/h6-7,10,17-18H,3-5,8-9,11-12H2,1-2H3. The van der Waals surface area contributed by atoms with E-state index >= 15 is 0 Å². The molecule has 0 atom stereocenters. The van der Waals surface area contributed by atoms with Crippen molar-refractivity contribution in [2.24, 2.45) is 0 Å². The van der Waals surface area contributed by atoms with Crippen molar-refractivity contribution in [1.82, 2.24) is 5.32 Å². The minimum absolute atomic E-state index is 0.0569. The minimum Gasteiger partial charge on any atom is -0.487 e. The second kappa shape index (κ2) is 6.40. The predicted octanol–water partition coefficient (Wildman–Crippen LogP) is 2.65. The van der Waals surface area contributed by atoms with Crippen molar-refractivity contribution in [3.63, 3.8) is 0 Å².